The molecule has 0 saturated heterocycles. The minimum atomic E-state index is -0.233. The highest BCUT2D eigenvalue weighted by atomic mass is 16.5. The molecule has 1 atom stereocenters. The highest BCUT2D eigenvalue weighted by Gasteiger charge is 2.14. The van der Waals surface area contributed by atoms with E-state index in [1.807, 2.05) is 13.8 Å². The Bertz CT molecular complexity index is 335. The molecule has 0 amide bonds. The zero-order valence-corrected chi connectivity index (χ0v) is 15.3. The lowest BCUT2D eigenvalue weighted by molar-refractivity contribution is -0.144. The Labute approximate surface area is 135 Å². The van der Waals surface area contributed by atoms with E-state index in [2.05, 4.69) is 48.2 Å². The van der Waals surface area contributed by atoms with Crippen LogP contribution in [0, 0.1) is 5.92 Å². The summed E-state index contributed by atoms with van der Waals surface area (Å²) in [4.78, 5) is 18.3. The predicted molar refractivity (Wildman–Crippen MR) is 92.1 cm³/mol. The second kappa shape index (κ2) is 11.3. The van der Waals surface area contributed by atoms with Crippen molar-refractivity contribution >= 4 is 11.9 Å². The number of guanidine groups is 1. The molecule has 2 N–H and O–H groups in total. The largest absolute Gasteiger partial charge is 0.469 e. The van der Waals surface area contributed by atoms with Gasteiger partial charge in [-0.2, -0.15) is 0 Å². The maximum Gasteiger partial charge on any atom is 0.310 e. The molecule has 1 unspecified atom stereocenters. The standard InChI is InChI=1S/C16H34N4O2/c1-8-17-16(19-11-14(6)15(21)22-7)18-9-10-20(12(2)3)13(4)5/h12-14H,8-11H2,1-7H3,(H2,17,18,19). The maximum atomic E-state index is 11.4. The summed E-state index contributed by atoms with van der Waals surface area (Å²) in [5, 5.41) is 6.51. The van der Waals surface area contributed by atoms with Crippen molar-refractivity contribution in [3.63, 3.8) is 0 Å². The maximum absolute atomic E-state index is 11.4. The number of rotatable bonds is 9. The lowest BCUT2D eigenvalue weighted by atomic mass is 10.2. The molecule has 22 heavy (non-hydrogen) atoms. The fourth-order valence-corrected chi connectivity index (χ4v) is 2.26. The van der Waals surface area contributed by atoms with Gasteiger partial charge in [0.1, 0.15) is 0 Å². The van der Waals surface area contributed by atoms with Gasteiger partial charge in [0.25, 0.3) is 0 Å². The van der Waals surface area contributed by atoms with E-state index >= 15 is 0 Å². The summed E-state index contributed by atoms with van der Waals surface area (Å²) >= 11 is 0. The van der Waals surface area contributed by atoms with Crippen molar-refractivity contribution in [2.24, 2.45) is 10.9 Å². The first-order valence-corrected chi connectivity index (χ1v) is 8.19. The molecule has 0 aliphatic carbocycles. The average molecular weight is 314 g/mol. The Morgan fingerprint density at radius 3 is 2.18 bits per heavy atom. The number of esters is 1. The molecule has 0 rings (SSSR count). The summed E-state index contributed by atoms with van der Waals surface area (Å²) in [6, 6.07) is 1.03. The van der Waals surface area contributed by atoms with Crippen LogP contribution in [0.2, 0.25) is 0 Å². The summed E-state index contributed by atoms with van der Waals surface area (Å²) in [5.74, 6) is 0.277. The summed E-state index contributed by atoms with van der Waals surface area (Å²) in [7, 11) is 1.40. The van der Waals surface area contributed by atoms with Crippen molar-refractivity contribution in [3.05, 3.63) is 0 Å². The summed E-state index contributed by atoms with van der Waals surface area (Å²) in [6.07, 6.45) is 0. The van der Waals surface area contributed by atoms with E-state index in [0.717, 1.165) is 25.6 Å². The third-order valence-corrected chi connectivity index (χ3v) is 3.46. The van der Waals surface area contributed by atoms with Crippen molar-refractivity contribution in [1.29, 1.82) is 0 Å². The quantitative estimate of drug-likeness (QED) is 0.383. The fourth-order valence-electron chi connectivity index (χ4n) is 2.26. The van der Waals surface area contributed by atoms with Crippen LogP contribution >= 0.6 is 0 Å². The first-order valence-electron chi connectivity index (χ1n) is 8.19. The molecular formula is C16H34N4O2. The smallest absolute Gasteiger partial charge is 0.310 e. The zero-order valence-electron chi connectivity index (χ0n) is 15.3. The Hall–Kier alpha value is -1.30. The third-order valence-electron chi connectivity index (χ3n) is 3.46. The lowest BCUT2D eigenvalue weighted by Crippen LogP contribution is -2.45. The first kappa shape index (κ1) is 20.7. The second-order valence-corrected chi connectivity index (χ2v) is 6.00. The van der Waals surface area contributed by atoms with Gasteiger partial charge in [0.15, 0.2) is 5.96 Å². The SMILES string of the molecule is CCNC(=NCC(C)C(=O)OC)NCCN(C(C)C)C(C)C. The molecule has 0 bridgehead atoms. The minimum Gasteiger partial charge on any atom is -0.469 e. The number of nitrogens with zero attached hydrogens (tertiary/aromatic N) is 2. The average Bonchev–Trinajstić information content (AvgIpc) is 2.46. The summed E-state index contributed by atoms with van der Waals surface area (Å²) < 4.78 is 4.71. The van der Waals surface area contributed by atoms with Crippen molar-refractivity contribution in [1.82, 2.24) is 15.5 Å². The van der Waals surface area contributed by atoms with E-state index in [-0.39, 0.29) is 11.9 Å². The van der Waals surface area contributed by atoms with Gasteiger partial charge in [-0.15, -0.1) is 0 Å². The van der Waals surface area contributed by atoms with Gasteiger partial charge in [0.05, 0.1) is 19.6 Å². The number of carbonyl (C=O) groups excluding carboxylic acids is 1. The molecular weight excluding hydrogens is 280 g/mol. The third kappa shape index (κ3) is 8.22. The molecule has 0 fully saturated rings. The highest BCUT2D eigenvalue weighted by molar-refractivity contribution is 5.80. The molecule has 0 aromatic heterocycles. The van der Waals surface area contributed by atoms with Crippen LogP contribution in [0.15, 0.2) is 4.99 Å². The molecule has 6 nitrogen and oxygen atoms in total. The molecule has 0 spiro atoms. The number of ether oxygens (including phenoxy) is 1. The van der Waals surface area contributed by atoms with Gasteiger partial charge < -0.3 is 15.4 Å². The fraction of sp³-hybridized carbons (Fsp3) is 0.875. The predicted octanol–water partition coefficient (Wildman–Crippen LogP) is 1.47. The van der Waals surface area contributed by atoms with Crippen molar-refractivity contribution in [2.75, 3.05) is 33.3 Å². The van der Waals surface area contributed by atoms with Crippen LogP contribution < -0.4 is 10.6 Å². The second-order valence-electron chi connectivity index (χ2n) is 6.00. The van der Waals surface area contributed by atoms with Gasteiger partial charge in [-0.3, -0.25) is 14.7 Å². The van der Waals surface area contributed by atoms with Crippen LogP contribution in [0.3, 0.4) is 0 Å². The van der Waals surface area contributed by atoms with E-state index in [9.17, 15) is 4.79 Å². The molecule has 0 aromatic rings. The normalized spacial score (nSPS) is 13.6. The van der Waals surface area contributed by atoms with Crippen LogP contribution in [0.5, 0.6) is 0 Å². The molecule has 0 aromatic carbocycles. The first-order chi connectivity index (χ1) is 10.3. The number of nitrogens with one attached hydrogen (secondary N) is 2. The van der Waals surface area contributed by atoms with Crippen molar-refractivity contribution < 1.29 is 9.53 Å². The lowest BCUT2D eigenvalue weighted by Gasteiger charge is -2.30. The topological polar surface area (TPSA) is 66.0 Å². The summed E-state index contributed by atoms with van der Waals surface area (Å²) in [5.41, 5.74) is 0. The molecule has 0 radical (unpaired) electrons. The van der Waals surface area contributed by atoms with Crippen molar-refractivity contribution in [3.8, 4) is 0 Å². The Morgan fingerprint density at radius 2 is 1.73 bits per heavy atom. The van der Waals surface area contributed by atoms with Gasteiger partial charge in [-0.1, -0.05) is 6.92 Å². The van der Waals surface area contributed by atoms with E-state index in [4.69, 9.17) is 4.74 Å². The number of carbonyl (C=O) groups is 1. The monoisotopic (exact) mass is 314 g/mol. The van der Waals surface area contributed by atoms with Crippen LogP contribution in [-0.2, 0) is 9.53 Å². The van der Waals surface area contributed by atoms with Gasteiger partial charge in [0, 0.05) is 31.7 Å². The van der Waals surface area contributed by atoms with Crippen molar-refractivity contribution in [2.45, 2.75) is 53.6 Å². The van der Waals surface area contributed by atoms with Gasteiger partial charge in [-0.05, 0) is 34.6 Å². The Balaban J connectivity index is 4.43. The van der Waals surface area contributed by atoms with E-state index < -0.39 is 0 Å². The minimum absolute atomic E-state index is 0.231. The van der Waals surface area contributed by atoms with E-state index in [0.29, 0.717) is 18.6 Å². The van der Waals surface area contributed by atoms with E-state index in [1.54, 1.807) is 0 Å². The zero-order chi connectivity index (χ0) is 17.1. The van der Waals surface area contributed by atoms with Gasteiger partial charge in [-0.25, -0.2) is 0 Å². The molecule has 6 heteroatoms. The van der Waals surface area contributed by atoms with Gasteiger partial charge >= 0.3 is 5.97 Å². The summed E-state index contributed by atoms with van der Waals surface area (Å²) in [6.45, 7) is 15.6. The van der Waals surface area contributed by atoms with Crippen LogP contribution in [-0.4, -0.2) is 62.2 Å². The molecule has 0 heterocycles. The number of methoxy groups -OCH3 is 1. The number of hydrogen-bond acceptors (Lipinski definition) is 4. The Morgan fingerprint density at radius 1 is 1.14 bits per heavy atom. The number of aliphatic imine (C=N–C) groups is 1. The molecule has 0 saturated carbocycles. The molecule has 0 aliphatic heterocycles. The molecule has 0 aliphatic rings. The number of hydrogen-bond donors (Lipinski definition) is 2. The van der Waals surface area contributed by atoms with Gasteiger partial charge in [0.2, 0.25) is 0 Å². The van der Waals surface area contributed by atoms with Crippen LogP contribution in [0.1, 0.15) is 41.5 Å². The highest BCUT2D eigenvalue weighted by Crippen LogP contribution is 2.03. The Kier molecular flexibility index (Phi) is 10.6. The molecule has 130 valence electrons. The van der Waals surface area contributed by atoms with Crippen LogP contribution in [0.25, 0.3) is 0 Å². The van der Waals surface area contributed by atoms with Crippen LogP contribution in [0.4, 0.5) is 0 Å². The van der Waals surface area contributed by atoms with E-state index in [1.165, 1.54) is 7.11 Å².